The number of ether oxygens (including phenoxy) is 3. The van der Waals surface area contributed by atoms with Crippen LogP contribution < -0.4 is 52.2 Å². The van der Waals surface area contributed by atoms with E-state index in [0.29, 0.717) is 134 Å². The van der Waals surface area contributed by atoms with Gasteiger partial charge in [-0.05, 0) is 109 Å². The SMILES string of the molecule is C[N+](C)(C)CCNC(=O)COc1ccc(C#Cc2cc(CN3CCN(Cc4cc(C#Cc5ccc(OCC(=O)NCC[N+](C)(C)C)cc5)cc(P(C)(=O)O)n4)CC(CN)N(Cc4cc(C#Cc5ccc(OCC(=O)NCC[N+](C)(C)C)cc5)cc(P(C)(=O)O)n4)CC3)nc(P(C)(=O)O)c2)cc1. The van der Waals surface area contributed by atoms with Crippen LogP contribution in [0, 0.1) is 35.5 Å². The number of pyridine rings is 3. The molecule has 0 saturated carbocycles. The fourth-order valence-corrected chi connectivity index (χ4v) is 12.2. The molecule has 540 valence electrons. The van der Waals surface area contributed by atoms with Gasteiger partial charge in [-0.25, -0.2) is 15.0 Å². The van der Waals surface area contributed by atoms with E-state index >= 15 is 0 Å². The van der Waals surface area contributed by atoms with Gasteiger partial charge < -0.3 is 64.0 Å². The summed E-state index contributed by atoms with van der Waals surface area (Å²) in [5.41, 5.74) is 11.3. The van der Waals surface area contributed by atoms with E-state index in [1.807, 2.05) is 63.4 Å². The molecule has 3 aromatic heterocycles. The Labute approximate surface area is 594 Å². The maximum Gasteiger partial charge on any atom is 0.258 e. The smallest absolute Gasteiger partial charge is 0.258 e. The van der Waals surface area contributed by atoms with Crippen LogP contribution in [0.5, 0.6) is 17.2 Å². The number of carbonyl (C=O) groups excluding carboxylic acids is 3. The highest BCUT2D eigenvalue weighted by molar-refractivity contribution is 7.65. The Morgan fingerprint density at radius 3 is 1.05 bits per heavy atom. The Balaban J connectivity index is 1.17. The average molecular weight is 1440 g/mol. The topological polar surface area (TPSA) is 301 Å². The van der Waals surface area contributed by atoms with Crippen molar-refractivity contribution in [3.8, 4) is 52.8 Å². The molecule has 3 amide bonds. The number of nitrogens with zero attached hydrogens (tertiary/aromatic N) is 9. The van der Waals surface area contributed by atoms with E-state index < -0.39 is 22.1 Å². The molecule has 28 heteroatoms. The standard InChI is InChI=1S/C73H96N13O12P3/c1-84(2,3)38-31-75-68(87)52-96-65-25-19-55(20-26-65)13-16-58-41-61(78-71(44-58)99(10,90)91)48-81-34-35-82(49-62-42-59(45-72(79-62)100(11,92)93)17-14-56-21-27-66(28-22-56)97-53-69(88)76-32-39-85(4,5)6)51-64(47-74)83(37-36-81)50-63-43-60(46-73(80-63)101(12,94)95)18-15-57-23-29-67(30-24-57)98-54-70(89)77-33-40-86(7,8)9/h19-30,41-46,64H,31-40,47-54,74H2,1-12H3,(H3-3,75,76,77,87,88,89,90,91,92,93,94,95)/p+3. The van der Waals surface area contributed by atoms with Gasteiger partial charge in [-0.3, -0.25) is 42.8 Å². The van der Waals surface area contributed by atoms with E-state index in [2.05, 4.69) is 66.2 Å². The van der Waals surface area contributed by atoms with Gasteiger partial charge >= 0.3 is 0 Å². The van der Waals surface area contributed by atoms with Gasteiger partial charge in [0.15, 0.2) is 19.8 Å². The molecule has 1 aliphatic heterocycles. The monoisotopic (exact) mass is 1440 g/mol. The number of rotatable bonds is 28. The number of nitrogens with one attached hydrogen (secondary N) is 3. The normalized spacial score (nSPS) is 15.9. The van der Waals surface area contributed by atoms with E-state index in [1.54, 1.807) is 91.0 Å². The highest BCUT2D eigenvalue weighted by atomic mass is 31.2. The first-order valence-electron chi connectivity index (χ1n) is 33.2. The number of hydrogen-bond donors (Lipinski definition) is 7. The fourth-order valence-electron chi connectivity index (χ4n) is 10.1. The van der Waals surface area contributed by atoms with Crippen LogP contribution >= 0.6 is 22.1 Å². The number of carbonyl (C=O) groups is 3. The maximum absolute atomic E-state index is 13.5. The Morgan fingerprint density at radius 2 is 0.743 bits per heavy atom. The molecular weight excluding hydrogens is 1340 g/mol. The van der Waals surface area contributed by atoms with Gasteiger partial charge in [-0.1, -0.05) is 35.5 Å². The molecule has 1 fully saturated rings. The van der Waals surface area contributed by atoms with Gasteiger partial charge in [-0.15, -0.1) is 0 Å². The summed E-state index contributed by atoms with van der Waals surface area (Å²) in [5.74, 6) is 19.7. The lowest BCUT2D eigenvalue weighted by molar-refractivity contribution is -0.869. The lowest BCUT2D eigenvalue weighted by Crippen LogP contribution is -2.48. The molecule has 0 aliphatic carbocycles. The largest absolute Gasteiger partial charge is 0.484 e. The number of hydrogen-bond acceptors (Lipinski definition) is 16. The average Bonchev–Trinajstić information content (AvgIpc) is 1.71. The van der Waals surface area contributed by atoms with Crippen molar-refractivity contribution in [3.05, 3.63) is 160 Å². The third-order valence-corrected chi connectivity index (χ3v) is 19.0. The number of amides is 3. The molecule has 3 aromatic carbocycles. The molecule has 1 saturated heterocycles. The second kappa shape index (κ2) is 36.2. The minimum absolute atomic E-state index is 0.0229. The zero-order valence-electron chi connectivity index (χ0n) is 60.2. The van der Waals surface area contributed by atoms with Crippen LogP contribution in [0.3, 0.4) is 0 Å². The van der Waals surface area contributed by atoms with Crippen LogP contribution in [-0.2, 0) is 47.7 Å². The molecule has 101 heavy (non-hydrogen) atoms. The number of benzene rings is 3. The fraction of sp³-hybridized carbons (Fsp3) is 0.425. The predicted octanol–water partition coefficient (Wildman–Crippen LogP) is 2.40. The molecule has 4 heterocycles. The Kier molecular flexibility index (Phi) is 28.7. The van der Waals surface area contributed by atoms with E-state index in [-0.39, 0.29) is 86.1 Å². The third kappa shape index (κ3) is 29.4. The van der Waals surface area contributed by atoms with Crippen LogP contribution in [0.2, 0.25) is 0 Å². The summed E-state index contributed by atoms with van der Waals surface area (Å²) in [4.78, 5) is 91.1. The first-order chi connectivity index (χ1) is 47.4. The molecule has 0 spiro atoms. The van der Waals surface area contributed by atoms with Gasteiger partial charge in [0.05, 0.1) is 120 Å². The summed E-state index contributed by atoms with van der Waals surface area (Å²) in [6, 6.07) is 30.4. The molecule has 0 radical (unpaired) electrons. The second-order valence-corrected chi connectivity index (χ2v) is 35.1. The molecule has 6 aromatic rings. The van der Waals surface area contributed by atoms with Gasteiger partial charge in [-0.2, -0.15) is 0 Å². The van der Waals surface area contributed by atoms with Crippen molar-refractivity contribution in [2.45, 2.75) is 25.7 Å². The number of quaternary nitrogens is 3. The molecule has 8 N–H and O–H groups in total. The van der Waals surface area contributed by atoms with Crippen molar-refractivity contribution >= 4 is 56.1 Å². The Bertz CT molecular complexity index is 4180. The van der Waals surface area contributed by atoms with Crippen molar-refractivity contribution in [1.29, 1.82) is 0 Å². The third-order valence-electron chi connectivity index (χ3n) is 15.7. The zero-order chi connectivity index (χ0) is 73.8. The van der Waals surface area contributed by atoms with Crippen LogP contribution in [0.1, 0.15) is 50.5 Å². The Hall–Kier alpha value is -8.11. The van der Waals surface area contributed by atoms with Crippen LogP contribution in [0.15, 0.2) is 109 Å². The summed E-state index contributed by atoms with van der Waals surface area (Å²) in [7, 11) is 6.59. The van der Waals surface area contributed by atoms with E-state index in [4.69, 9.17) is 34.9 Å². The van der Waals surface area contributed by atoms with Gasteiger partial charge in [0, 0.05) is 118 Å². The van der Waals surface area contributed by atoms with E-state index in [1.165, 1.54) is 38.2 Å². The molecule has 1 aliphatic rings. The van der Waals surface area contributed by atoms with E-state index in [9.17, 15) is 42.8 Å². The number of likely N-dealkylation sites (N-methyl/N-ethyl adjacent to an activating group) is 3. The van der Waals surface area contributed by atoms with E-state index in [0.717, 1.165) is 19.6 Å². The van der Waals surface area contributed by atoms with Crippen LogP contribution in [-0.4, -0.2) is 263 Å². The summed E-state index contributed by atoms with van der Waals surface area (Å²) < 4.78 is 59.8. The molecule has 0 bridgehead atoms. The van der Waals surface area contributed by atoms with Crippen molar-refractivity contribution < 1.29 is 70.4 Å². The quantitative estimate of drug-likeness (QED) is 0.0211. The Morgan fingerprint density at radius 1 is 0.455 bits per heavy atom. The highest BCUT2D eigenvalue weighted by Crippen LogP contribution is 2.35. The predicted molar refractivity (Wildman–Crippen MR) is 394 cm³/mol. The van der Waals surface area contributed by atoms with Crippen molar-refractivity contribution in [2.75, 3.05) is 182 Å². The highest BCUT2D eigenvalue weighted by Gasteiger charge is 2.29. The first kappa shape index (κ1) is 80.2. The lowest BCUT2D eigenvalue weighted by Gasteiger charge is -2.33. The second-order valence-electron chi connectivity index (χ2n) is 28.4. The van der Waals surface area contributed by atoms with Crippen LogP contribution in [0.25, 0.3) is 0 Å². The first-order valence-corrected chi connectivity index (χ1v) is 39.5. The zero-order valence-corrected chi connectivity index (χ0v) is 62.8. The van der Waals surface area contributed by atoms with Gasteiger partial charge in [0.25, 0.3) is 17.7 Å². The molecule has 4 atom stereocenters. The molecule has 25 nitrogen and oxygen atoms in total. The number of aromatic nitrogens is 3. The van der Waals surface area contributed by atoms with Crippen LogP contribution in [0.4, 0.5) is 0 Å². The molecular formula is C73H99N13O12P3+3. The van der Waals surface area contributed by atoms with Gasteiger partial charge in [0.1, 0.15) is 33.6 Å². The summed E-state index contributed by atoms with van der Waals surface area (Å²) in [6.45, 7) is 9.80. The minimum atomic E-state index is -3.95. The molecule has 7 rings (SSSR count). The summed E-state index contributed by atoms with van der Waals surface area (Å²) in [5, 5.41) is 8.61. The maximum atomic E-state index is 13.5. The summed E-state index contributed by atoms with van der Waals surface area (Å²) in [6.07, 6.45) is 0. The van der Waals surface area contributed by atoms with Crippen molar-refractivity contribution in [3.63, 3.8) is 0 Å². The molecule has 4 unspecified atom stereocenters. The van der Waals surface area contributed by atoms with Crippen molar-refractivity contribution in [1.82, 2.24) is 45.6 Å². The number of nitrogens with two attached hydrogens (primary N) is 1. The van der Waals surface area contributed by atoms with Crippen molar-refractivity contribution in [2.24, 2.45) is 5.73 Å². The summed E-state index contributed by atoms with van der Waals surface area (Å²) >= 11 is 0. The van der Waals surface area contributed by atoms with Gasteiger partial charge in [0.2, 0.25) is 22.1 Å². The minimum Gasteiger partial charge on any atom is -0.484 e. The lowest BCUT2D eigenvalue weighted by atomic mass is 10.1.